The van der Waals surface area contributed by atoms with Crippen LogP contribution < -0.4 is 10.6 Å². The molecule has 0 spiro atoms. The molecule has 26 heavy (non-hydrogen) atoms. The molecule has 0 radical (unpaired) electrons. The van der Waals surface area contributed by atoms with Crippen molar-refractivity contribution in [3.05, 3.63) is 35.6 Å². The summed E-state index contributed by atoms with van der Waals surface area (Å²) in [5.41, 5.74) is 2.18. The van der Waals surface area contributed by atoms with Crippen molar-refractivity contribution in [2.45, 2.75) is 78.8 Å². The van der Waals surface area contributed by atoms with Crippen molar-refractivity contribution in [1.82, 2.24) is 10.6 Å². The first-order valence-corrected chi connectivity index (χ1v) is 9.38. The van der Waals surface area contributed by atoms with Crippen LogP contribution in [0.15, 0.2) is 35.6 Å². The van der Waals surface area contributed by atoms with Crippen molar-refractivity contribution in [2.24, 2.45) is 5.41 Å². The van der Waals surface area contributed by atoms with Crippen LogP contribution in [0, 0.1) is 5.41 Å². The molecule has 0 aromatic carbocycles. The second-order valence-electron chi connectivity index (χ2n) is 8.01. The highest BCUT2D eigenvalue weighted by molar-refractivity contribution is 5.89. The summed E-state index contributed by atoms with van der Waals surface area (Å²) in [4.78, 5) is 23.3. The monoisotopic (exact) mass is 362 g/mol. The summed E-state index contributed by atoms with van der Waals surface area (Å²) in [6.07, 6.45) is 11.9. The minimum atomic E-state index is -1.05. The summed E-state index contributed by atoms with van der Waals surface area (Å²) < 4.78 is 0. The zero-order valence-electron chi connectivity index (χ0n) is 17.0. The van der Waals surface area contributed by atoms with Gasteiger partial charge in [-0.05, 0) is 69.7 Å². The van der Waals surface area contributed by atoms with Crippen LogP contribution in [0.5, 0.6) is 0 Å². The maximum absolute atomic E-state index is 12.4. The summed E-state index contributed by atoms with van der Waals surface area (Å²) in [5.74, 6) is -1.37. The fraction of sp³-hybridized carbons (Fsp3) is 0.619. The molecule has 1 aliphatic carbocycles. The average Bonchev–Trinajstić information content (AvgIpc) is 2.55. The van der Waals surface area contributed by atoms with Gasteiger partial charge in [0.1, 0.15) is 11.6 Å². The number of nitrogens with one attached hydrogen (secondary N) is 2. The molecule has 1 rings (SSSR count). The van der Waals surface area contributed by atoms with Gasteiger partial charge in [0.2, 0.25) is 5.91 Å². The number of carboxylic acids is 1. The Bertz CT molecular complexity index is 617. The van der Waals surface area contributed by atoms with Gasteiger partial charge in [0.05, 0.1) is 0 Å². The van der Waals surface area contributed by atoms with E-state index in [1.807, 2.05) is 19.1 Å². The lowest BCUT2D eigenvalue weighted by Crippen LogP contribution is -2.55. The van der Waals surface area contributed by atoms with E-state index >= 15 is 0 Å². The van der Waals surface area contributed by atoms with E-state index < -0.39 is 17.6 Å². The highest BCUT2D eigenvalue weighted by atomic mass is 16.4. The summed E-state index contributed by atoms with van der Waals surface area (Å²) in [6.45, 7) is 11.9. The van der Waals surface area contributed by atoms with E-state index in [4.69, 9.17) is 5.11 Å². The van der Waals surface area contributed by atoms with Gasteiger partial charge in [0.25, 0.3) is 0 Å². The number of rotatable bonds is 8. The molecule has 5 heteroatoms. The van der Waals surface area contributed by atoms with Crippen molar-refractivity contribution >= 4 is 11.9 Å². The molecule has 146 valence electrons. The minimum Gasteiger partial charge on any atom is -0.480 e. The Morgan fingerprint density at radius 3 is 2.54 bits per heavy atom. The molecule has 0 aliphatic heterocycles. The van der Waals surface area contributed by atoms with Gasteiger partial charge >= 0.3 is 5.97 Å². The molecular formula is C21H34N2O3. The van der Waals surface area contributed by atoms with E-state index in [0.29, 0.717) is 6.42 Å². The van der Waals surface area contributed by atoms with E-state index in [2.05, 4.69) is 37.5 Å². The van der Waals surface area contributed by atoms with E-state index in [-0.39, 0.29) is 11.3 Å². The molecule has 1 amide bonds. The second kappa shape index (κ2) is 9.06. The predicted molar refractivity (Wildman–Crippen MR) is 106 cm³/mol. The number of allylic oxidation sites excluding steroid dienone is 5. The highest BCUT2D eigenvalue weighted by Crippen LogP contribution is 2.40. The second-order valence-corrected chi connectivity index (χ2v) is 8.01. The number of carboxylic acid groups (broad SMARTS) is 1. The molecular weight excluding hydrogens is 328 g/mol. The third kappa shape index (κ3) is 5.75. The molecule has 0 bridgehead atoms. The number of carbonyl (C=O) groups is 2. The Balaban J connectivity index is 2.73. The Morgan fingerprint density at radius 1 is 1.35 bits per heavy atom. The number of hydrogen-bond acceptors (Lipinski definition) is 3. The van der Waals surface area contributed by atoms with Crippen LogP contribution in [0.4, 0.5) is 0 Å². The lowest BCUT2D eigenvalue weighted by Gasteiger charge is -2.32. The van der Waals surface area contributed by atoms with Crippen molar-refractivity contribution in [3.8, 4) is 0 Å². The number of carbonyl (C=O) groups excluding carboxylic acids is 1. The quantitative estimate of drug-likeness (QED) is 0.572. The minimum absolute atomic E-state index is 0.199. The van der Waals surface area contributed by atoms with Crippen LogP contribution in [0.1, 0.15) is 67.2 Å². The van der Waals surface area contributed by atoms with E-state index in [1.54, 1.807) is 13.1 Å². The Morgan fingerprint density at radius 2 is 2.00 bits per heavy atom. The van der Waals surface area contributed by atoms with Crippen LogP contribution in [0.2, 0.25) is 0 Å². The summed E-state index contributed by atoms with van der Waals surface area (Å²) in [6, 6.07) is -0.914. The van der Waals surface area contributed by atoms with Gasteiger partial charge in [-0.1, -0.05) is 38.5 Å². The summed E-state index contributed by atoms with van der Waals surface area (Å²) in [5, 5.41) is 14.6. The first-order valence-electron chi connectivity index (χ1n) is 9.38. The average molecular weight is 363 g/mol. The Labute approximate surface area is 157 Å². The number of aliphatic carboxylic acids is 1. The SMILES string of the molecule is CC[C@](C)(NC=CC=CC1=C(C)CCCC1(C)C)C(=O)N[C@@H](C)C(=O)O. The van der Waals surface area contributed by atoms with Crippen LogP contribution in [0.25, 0.3) is 0 Å². The maximum atomic E-state index is 12.4. The van der Waals surface area contributed by atoms with Crippen molar-refractivity contribution in [1.29, 1.82) is 0 Å². The van der Waals surface area contributed by atoms with Gasteiger partial charge < -0.3 is 15.7 Å². The lowest BCUT2D eigenvalue weighted by molar-refractivity contribution is -0.142. The molecule has 0 heterocycles. The van der Waals surface area contributed by atoms with Crippen molar-refractivity contribution in [2.75, 3.05) is 0 Å². The fourth-order valence-electron chi connectivity index (χ4n) is 3.20. The third-order valence-corrected chi connectivity index (χ3v) is 5.34. The molecule has 2 atom stereocenters. The molecule has 0 saturated heterocycles. The van der Waals surface area contributed by atoms with Crippen LogP contribution in [0.3, 0.4) is 0 Å². The van der Waals surface area contributed by atoms with Gasteiger partial charge in [0.15, 0.2) is 0 Å². The number of amides is 1. The molecule has 0 aromatic rings. The van der Waals surface area contributed by atoms with Gasteiger partial charge in [-0.25, -0.2) is 0 Å². The first-order chi connectivity index (χ1) is 12.0. The smallest absolute Gasteiger partial charge is 0.325 e. The van der Waals surface area contributed by atoms with Gasteiger partial charge in [0, 0.05) is 0 Å². The van der Waals surface area contributed by atoms with Crippen molar-refractivity contribution < 1.29 is 14.7 Å². The molecule has 1 aliphatic rings. The Hall–Kier alpha value is -2.04. The lowest BCUT2D eigenvalue weighted by atomic mass is 9.73. The highest BCUT2D eigenvalue weighted by Gasteiger charge is 2.31. The van der Waals surface area contributed by atoms with Gasteiger partial charge in [-0.15, -0.1) is 0 Å². The Kier molecular flexibility index (Phi) is 7.67. The molecule has 0 saturated carbocycles. The van der Waals surface area contributed by atoms with Crippen LogP contribution in [-0.4, -0.2) is 28.6 Å². The van der Waals surface area contributed by atoms with Gasteiger partial charge in [-0.3, -0.25) is 9.59 Å². The fourth-order valence-corrected chi connectivity index (χ4v) is 3.20. The van der Waals surface area contributed by atoms with Crippen LogP contribution in [-0.2, 0) is 9.59 Å². The zero-order valence-corrected chi connectivity index (χ0v) is 17.0. The molecule has 0 fully saturated rings. The normalized spacial score (nSPS) is 20.8. The first kappa shape index (κ1) is 22.0. The predicted octanol–water partition coefficient (Wildman–Crippen LogP) is 3.93. The molecule has 0 aromatic heterocycles. The van der Waals surface area contributed by atoms with Crippen LogP contribution >= 0.6 is 0 Å². The summed E-state index contributed by atoms with van der Waals surface area (Å²) >= 11 is 0. The third-order valence-electron chi connectivity index (χ3n) is 5.34. The molecule has 0 unspecified atom stereocenters. The van der Waals surface area contributed by atoms with Crippen molar-refractivity contribution in [3.63, 3.8) is 0 Å². The van der Waals surface area contributed by atoms with Gasteiger partial charge in [-0.2, -0.15) is 0 Å². The van der Waals surface area contributed by atoms with E-state index in [9.17, 15) is 9.59 Å². The molecule has 3 N–H and O–H groups in total. The molecule has 5 nitrogen and oxygen atoms in total. The standard InChI is InChI=1S/C21H34N2O3/c1-7-21(6,19(26)23-16(3)18(24)25)22-14-9-8-12-17-15(2)11-10-13-20(17,4)5/h8-9,12,14,16,22H,7,10-11,13H2,1-6H3,(H,23,26)(H,24,25)/t16-,21-/m0/s1. The number of hydrogen-bond donors (Lipinski definition) is 3. The summed E-state index contributed by atoms with van der Waals surface area (Å²) in [7, 11) is 0. The van der Waals surface area contributed by atoms with E-state index in [0.717, 1.165) is 6.42 Å². The topological polar surface area (TPSA) is 78.4 Å². The van der Waals surface area contributed by atoms with E-state index in [1.165, 1.54) is 30.9 Å². The largest absolute Gasteiger partial charge is 0.480 e. The zero-order chi connectivity index (χ0) is 20.0. The maximum Gasteiger partial charge on any atom is 0.325 e.